The van der Waals surface area contributed by atoms with Crippen LogP contribution in [-0.2, 0) is 4.79 Å². The molecule has 0 aliphatic carbocycles. The summed E-state index contributed by atoms with van der Waals surface area (Å²) in [4.78, 5) is 11.4. The zero-order valence-electron chi connectivity index (χ0n) is 12.8. The molecule has 0 aromatic heterocycles. The molecule has 0 saturated heterocycles. The van der Waals surface area contributed by atoms with Gasteiger partial charge in [0.25, 0.3) is 0 Å². The van der Waals surface area contributed by atoms with Crippen molar-refractivity contribution >= 4 is 5.78 Å². The quantitative estimate of drug-likeness (QED) is 0.478. The molecule has 0 aliphatic rings. The summed E-state index contributed by atoms with van der Waals surface area (Å²) in [7, 11) is 0. The number of unbranched alkanes of at least 4 members (excludes halogenated alkanes) is 10. The van der Waals surface area contributed by atoms with E-state index in [1.807, 2.05) is 0 Å². The molecule has 0 rings (SSSR count). The molecule has 0 unspecified atom stereocenters. The molecule has 0 saturated carbocycles. The number of hydrogen-bond acceptors (Lipinski definition) is 2. The van der Waals surface area contributed by atoms with E-state index in [0.717, 1.165) is 12.8 Å². The maximum atomic E-state index is 11.4. The lowest BCUT2D eigenvalue weighted by atomic mass is 10.0. The molecule has 0 bridgehead atoms. The molecule has 114 valence electrons. The summed E-state index contributed by atoms with van der Waals surface area (Å²) in [5.74, 6) is 0.110. The highest BCUT2D eigenvalue weighted by Gasteiger charge is 2.14. The number of ketones is 1. The second kappa shape index (κ2) is 14.0. The van der Waals surface area contributed by atoms with Crippen LogP contribution in [0, 0.1) is 0 Å². The summed E-state index contributed by atoms with van der Waals surface area (Å²) in [5, 5.41) is 8.80. The highest BCUT2D eigenvalue weighted by molar-refractivity contribution is 5.82. The van der Waals surface area contributed by atoms with Crippen LogP contribution in [0.2, 0.25) is 0 Å². The van der Waals surface area contributed by atoms with Gasteiger partial charge in [0.1, 0.15) is 6.61 Å². The first-order valence-corrected chi connectivity index (χ1v) is 8.19. The molecule has 0 radical (unpaired) electrons. The Morgan fingerprint density at radius 3 is 1.74 bits per heavy atom. The molecule has 0 heterocycles. The number of carbonyl (C=O) groups excluding carboxylic acids is 1. The maximum Gasteiger partial charge on any atom is 0.192 e. The van der Waals surface area contributed by atoms with E-state index in [-0.39, 0.29) is 12.4 Å². The van der Waals surface area contributed by atoms with Gasteiger partial charge in [-0.05, 0) is 6.42 Å². The first kappa shape index (κ1) is 18.6. The van der Waals surface area contributed by atoms with Crippen molar-refractivity contribution in [2.24, 2.45) is 0 Å². The monoisotopic (exact) mass is 272 g/mol. The topological polar surface area (TPSA) is 64.9 Å². The fraction of sp³-hybridized carbons (Fsp3) is 0.938. The Kier molecular flexibility index (Phi) is 13.7. The molecule has 4 N–H and O–H groups in total. The fourth-order valence-electron chi connectivity index (χ4n) is 2.27. The molecule has 0 spiro atoms. The summed E-state index contributed by atoms with van der Waals surface area (Å²) in [5.41, 5.74) is 3.63. The number of hydrogen-bond donors (Lipinski definition) is 2. The molecule has 0 aliphatic heterocycles. The normalized spacial score (nSPS) is 12.6. The van der Waals surface area contributed by atoms with Gasteiger partial charge >= 0.3 is 0 Å². The van der Waals surface area contributed by atoms with Crippen LogP contribution in [0.4, 0.5) is 0 Å². The van der Waals surface area contributed by atoms with Gasteiger partial charge in [-0.1, -0.05) is 71.1 Å². The summed E-state index contributed by atoms with van der Waals surface area (Å²) in [6.07, 6.45) is 14.8. The minimum absolute atomic E-state index is 0.110. The third-order valence-corrected chi connectivity index (χ3v) is 3.70. The molecule has 3 nitrogen and oxygen atoms in total. The number of rotatable bonds is 14. The van der Waals surface area contributed by atoms with Crippen molar-refractivity contribution < 1.29 is 15.6 Å². The largest absolute Gasteiger partial charge is 0.390 e. The first-order chi connectivity index (χ1) is 9.22. The molecule has 1 atom stereocenters. The van der Waals surface area contributed by atoms with Crippen LogP contribution in [-0.4, -0.2) is 23.5 Å². The van der Waals surface area contributed by atoms with E-state index in [4.69, 9.17) is 5.11 Å². The van der Waals surface area contributed by atoms with Crippen LogP contribution in [0.25, 0.3) is 0 Å². The third-order valence-electron chi connectivity index (χ3n) is 3.70. The zero-order chi connectivity index (χ0) is 14.3. The Balaban J connectivity index is 3.13. The lowest BCUT2D eigenvalue weighted by Gasteiger charge is -2.04. The highest BCUT2D eigenvalue weighted by Crippen LogP contribution is 2.12. The van der Waals surface area contributed by atoms with Crippen LogP contribution < -0.4 is 5.73 Å². The molecule has 0 fully saturated rings. The van der Waals surface area contributed by atoms with Crippen molar-refractivity contribution in [2.75, 3.05) is 6.61 Å². The van der Waals surface area contributed by atoms with E-state index in [0.29, 0.717) is 6.42 Å². The van der Waals surface area contributed by atoms with Gasteiger partial charge in [-0.15, -0.1) is 0 Å². The number of aliphatic hydroxyl groups is 1. The minimum Gasteiger partial charge on any atom is -0.390 e. The Morgan fingerprint density at radius 1 is 0.895 bits per heavy atom. The first-order valence-electron chi connectivity index (χ1n) is 8.19. The number of carbonyl (C=O) groups is 1. The molecule has 0 amide bonds. The summed E-state index contributed by atoms with van der Waals surface area (Å²) in [6, 6.07) is -0.414. The van der Waals surface area contributed by atoms with Gasteiger partial charge in [-0.2, -0.15) is 0 Å². The van der Waals surface area contributed by atoms with Crippen molar-refractivity contribution in [3.8, 4) is 0 Å². The van der Waals surface area contributed by atoms with Gasteiger partial charge in [0, 0.05) is 6.42 Å². The Labute approximate surface area is 119 Å². The Hall–Kier alpha value is -0.410. The van der Waals surface area contributed by atoms with Crippen LogP contribution in [0.15, 0.2) is 0 Å². The van der Waals surface area contributed by atoms with Crippen molar-refractivity contribution in [1.29, 1.82) is 0 Å². The van der Waals surface area contributed by atoms with Crippen LogP contribution >= 0.6 is 0 Å². The SMILES string of the molecule is CCCCCCCCCCCCCC(=O)[C@@H]([NH3+])CO. The number of quaternary nitrogens is 1. The summed E-state index contributed by atoms with van der Waals surface area (Å²) < 4.78 is 0. The second-order valence-corrected chi connectivity index (χ2v) is 5.63. The standard InChI is InChI=1S/C16H33NO2/c1-2-3-4-5-6-7-8-9-10-11-12-13-16(19)15(17)14-18/h15,18H,2-14,17H2,1H3/p+1/t15-/m0/s1. The van der Waals surface area contributed by atoms with Gasteiger partial charge in [0.2, 0.25) is 0 Å². The van der Waals surface area contributed by atoms with E-state index >= 15 is 0 Å². The van der Waals surface area contributed by atoms with Gasteiger partial charge in [0.15, 0.2) is 11.8 Å². The highest BCUT2D eigenvalue weighted by atomic mass is 16.3. The van der Waals surface area contributed by atoms with Crippen molar-refractivity contribution in [3.05, 3.63) is 0 Å². The van der Waals surface area contributed by atoms with Crippen LogP contribution in [0.3, 0.4) is 0 Å². The van der Waals surface area contributed by atoms with Gasteiger partial charge in [0.05, 0.1) is 0 Å². The average molecular weight is 272 g/mol. The molecule has 3 heteroatoms. The third kappa shape index (κ3) is 12.4. The zero-order valence-corrected chi connectivity index (χ0v) is 12.8. The van der Waals surface area contributed by atoms with E-state index in [1.165, 1.54) is 57.8 Å². The van der Waals surface area contributed by atoms with Crippen LogP contribution in [0.5, 0.6) is 0 Å². The minimum atomic E-state index is -0.414. The molecule has 0 aromatic carbocycles. The maximum absolute atomic E-state index is 11.4. The fourth-order valence-corrected chi connectivity index (χ4v) is 2.27. The number of Topliss-reactive ketones (excluding diaryl/α,β-unsaturated/α-hetero) is 1. The predicted octanol–water partition coefficient (Wildman–Crippen LogP) is 2.86. The molecule has 0 aromatic rings. The van der Waals surface area contributed by atoms with E-state index in [1.54, 1.807) is 0 Å². The van der Waals surface area contributed by atoms with Crippen molar-refractivity contribution in [1.82, 2.24) is 0 Å². The van der Waals surface area contributed by atoms with Gasteiger partial charge in [-0.3, -0.25) is 4.79 Å². The smallest absolute Gasteiger partial charge is 0.192 e. The van der Waals surface area contributed by atoms with Gasteiger partial charge in [-0.25, -0.2) is 0 Å². The second-order valence-electron chi connectivity index (χ2n) is 5.63. The van der Waals surface area contributed by atoms with Crippen molar-refractivity contribution in [2.45, 2.75) is 90.0 Å². The Morgan fingerprint density at radius 2 is 1.32 bits per heavy atom. The lowest BCUT2D eigenvalue weighted by molar-refractivity contribution is -0.408. The molecule has 19 heavy (non-hydrogen) atoms. The summed E-state index contributed by atoms with van der Waals surface area (Å²) in [6.45, 7) is 2.14. The molecular weight excluding hydrogens is 238 g/mol. The van der Waals surface area contributed by atoms with E-state index in [9.17, 15) is 4.79 Å². The average Bonchev–Trinajstić information content (AvgIpc) is 2.43. The predicted molar refractivity (Wildman–Crippen MR) is 79.8 cm³/mol. The van der Waals surface area contributed by atoms with E-state index < -0.39 is 6.04 Å². The van der Waals surface area contributed by atoms with Gasteiger partial charge < -0.3 is 10.8 Å². The van der Waals surface area contributed by atoms with Crippen molar-refractivity contribution in [3.63, 3.8) is 0 Å². The summed E-state index contributed by atoms with van der Waals surface area (Å²) >= 11 is 0. The molecular formula is C16H34NO2+. The number of aliphatic hydroxyl groups excluding tert-OH is 1. The van der Waals surface area contributed by atoms with E-state index in [2.05, 4.69) is 12.7 Å². The van der Waals surface area contributed by atoms with Crippen LogP contribution in [0.1, 0.15) is 84.0 Å². The lowest BCUT2D eigenvalue weighted by Crippen LogP contribution is -2.66. The Bertz CT molecular complexity index is 207.